The third kappa shape index (κ3) is 27.8. The first-order valence-corrected chi connectivity index (χ1v) is 8.14. The molecule has 0 unspecified atom stereocenters. The fourth-order valence-corrected chi connectivity index (χ4v) is 1.51. The average molecular weight is 296 g/mol. The Morgan fingerprint density at radius 3 is 1.86 bits per heavy atom. The van der Waals surface area contributed by atoms with E-state index in [0.29, 0.717) is 0 Å². The zero-order valence-electron chi connectivity index (χ0n) is 15.5. The maximum atomic E-state index is 9.22. The second-order valence-electron chi connectivity index (χ2n) is 5.14. The summed E-state index contributed by atoms with van der Waals surface area (Å²) in [7, 11) is 0. The average Bonchev–Trinajstić information content (AvgIpc) is 2.41. The maximum absolute atomic E-state index is 9.22. The molecule has 124 valence electrons. The predicted molar refractivity (Wildman–Crippen MR) is 96.5 cm³/mol. The van der Waals surface area contributed by atoms with Crippen molar-refractivity contribution >= 4 is 5.91 Å². The monoisotopic (exact) mass is 295 g/mol. The van der Waals surface area contributed by atoms with Crippen LogP contribution in [0.2, 0.25) is 0 Å². The molecule has 0 aromatic heterocycles. The van der Waals surface area contributed by atoms with Crippen molar-refractivity contribution in [1.29, 1.82) is 0 Å². The second kappa shape index (κ2) is 18.7. The molecule has 1 aromatic rings. The third-order valence-electron chi connectivity index (χ3n) is 2.36. The van der Waals surface area contributed by atoms with Crippen LogP contribution >= 0.6 is 0 Å². The molecule has 0 atom stereocenters. The molecule has 2 heteroatoms. The van der Waals surface area contributed by atoms with E-state index in [9.17, 15) is 4.79 Å². The summed E-state index contributed by atoms with van der Waals surface area (Å²) in [5, 5.41) is 0. The molecule has 0 saturated heterocycles. The van der Waals surface area contributed by atoms with Gasteiger partial charge in [-0.05, 0) is 24.8 Å². The topological polar surface area (TPSA) is 43.1 Å². The van der Waals surface area contributed by atoms with Gasteiger partial charge in [-0.2, -0.15) is 0 Å². The molecular formula is C19H37NO. The maximum Gasteiger partial charge on any atom is 0.214 e. The third-order valence-corrected chi connectivity index (χ3v) is 2.36. The number of rotatable bonds is 3. The van der Waals surface area contributed by atoms with Gasteiger partial charge in [-0.1, -0.05) is 84.2 Å². The molecule has 0 aliphatic carbocycles. The van der Waals surface area contributed by atoms with Gasteiger partial charge in [0.15, 0.2) is 0 Å². The highest BCUT2D eigenvalue weighted by atomic mass is 16.1. The number of benzene rings is 1. The first-order chi connectivity index (χ1) is 9.83. The van der Waals surface area contributed by atoms with Gasteiger partial charge in [0.1, 0.15) is 0 Å². The van der Waals surface area contributed by atoms with Gasteiger partial charge in [-0.25, -0.2) is 0 Å². The molecule has 1 amide bonds. The Balaban J connectivity index is -0.000000236. The summed E-state index contributed by atoms with van der Waals surface area (Å²) in [5.41, 5.74) is 7.25. The highest BCUT2D eigenvalue weighted by Gasteiger charge is 1.86. The standard InChI is InChI=1S/C9H12.C6H14.C2H5NO.C2H6/c1-3-9-6-4-5-8(2)7-9;1-4-5-6(2)3;1-2(3)4;1-2/h4-7H,3H2,1-2H3;6H,4-5H2,1-3H3;1H3,(H2,3,4);1-2H3. The molecule has 2 N–H and O–H groups in total. The lowest BCUT2D eigenvalue weighted by atomic mass is 10.1. The van der Waals surface area contributed by atoms with Crippen LogP contribution in [0.25, 0.3) is 0 Å². The van der Waals surface area contributed by atoms with Crippen molar-refractivity contribution in [3.8, 4) is 0 Å². The normalized spacial score (nSPS) is 8.43. The van der Waals surface area contributed by atoms with Gasteiger partial charge in [0.25, 0.3) is 0 Å². The zero-order chi connectivity index (χ0) is 17.3. The number of carbonyl (C=O) groups excluding carboxylic acids is 1. The summed E-state index contributed by atoms with van der Waals surface area (Å²) in [6.07, 6.45) is 3.85. The molecule has 1 aromatic carbocycles. The van der Waals surface area contributed by atoms with E-state index in [1.165, 1.54) is 30.9 Å². The molecule has 0 aliphatic heterocycles. The van der Waals surface area contributed by atoms with Crippen LogP contribution < -0.4 is 5.73 Å². The Morgan fingerprint density at radius 1 is 1.19 bits per heavy atom. The first kappa shape index (κ1) is 24.7. The van der Waals surface area contributed by atoms with Crippen LogP contribution in [0.1, 0.15) is 72.4 Å². The summed E-state index contributed by atoms with van der Waals surface area (Å²) >= 11 is 0. The molecular weight excluding hydrogens is 258 g/mol. The minimum absolute atomic E-state index is 0.333. The molecule has 0 saturated carbocycles. The zero-order valence-corrected chi connectivity index (χ0v) is 15.5. The SMILES string of the molecule is CC.CC(N)=O.CCCC(C)C.CCc1cccc(C)c1. The van der Waals surface area contributed by atoms with Crippen molar-refractivity contribution in [3.05, 3.63) is 35.4 Å². The van der Waals surface area contributed by atoms with E-state index in [0.717, 1.165) is 12.3 Å². The van der Waals surface area contributed by atoms with Crippen molar-refractivity contribution in [1.82, 2.24) is 0 Å². The predicted octanol–water partition coefficient (Wildman–Crippen LogP) is 5.52. The van der Waals surface area contributed by atoms with E-state index in [-0.39, 0.29) is 5.91 Å². The van der Waals surface area contributed by atoms with E-state index in [1.54, 1.807) is 0 Å². The molecule has 0 heterocycles. The van der Waals surface area contributed by atoms with Crippen LogP contribution in [-0.4, -0.2) is 5.91 Å². The lowest BCUT2D eigenvalue weighted by molar-refractivity contribution is -0.115. The molecule has 0 spiro atoms. The van der Waals surface area contributed by atoms with Crippen LogP contribution in [0.5, 0.6) is 0 Å². The van der Waals surface area contributed by atoms with E-state index in [4.69, 9.17) is 0 Å². The second-order valence-corrected chi connectivity index (χ2v) is 5.14. The van der Waals surface area contributed by atoms with Gasteiger partial charge >= 0.3 is 0 Å². The fourth-order valence-electron chi connectivity index (χ4n) is 1.51. The number of aryl methyl sites for hydroxylation is 2. The van der Waals surface area contributed by atoms with E-state index < -0.39 is 0 Å². The van der Waals surface area contributed by atoms with Gasteiger partial charge in [0, 0.05) is 6.92 Å². The number of nitrogens with two attached hydrogens (primary N) is 1. The van der Waals surface area contributed by atoms with Crippen LogP contribution in [0.15, 0.2) is 24.3 Å². The highest BCUT2D eigenvalue weighted by molar-refractivity contribution is 5.70. The van der Waals surface area contributed by atoms with Crippen molar-refractivity contribution in [2.75, 3.05) is 0 Å². The molecule has 2 nitrogen and oxygen atoms in total. The minimum Gasteiger partial charge on any atom is -0.370 e. The summed E-state index contributed by atoms with van der Waals surface area (Å²) in [6, 6.07) is 8.61. The summed E-state index contributed by atoms with van der Waals surface area (Å²) in [5.74, 6) is 0.565. The summed E-state index contributed by atoms with van der Waals surface area (Å²) in [6.45, 7) is 16.3. The Hall–Kier alpha value is -1.31. The lowest BCUT2D eigenvalue weighted by Crippen LogP contribution is -2.01. The Bertz CT molecular complexity index is 328. The smallest absolute Gasteiger partial charge is 0.214 e. The molecule has 0 radical (unpaired) electrons. The lowest BCUT2D eigenvalue weighted by Gasteiger charge is -1.95. The molecule has 0 aliphatic rings. The number of hydrogen-bond acceptors (Lipinski definition) is 1. The van der Waals surface area contributed by atoms with Gasteiger partial charge in [0.2, 0.25) is 5.91 Å². The summed E-state index contributed by atoms with van der Waals surface area (Å²) < 4.78 is 0. The van der Waals surface area contributed by atoms with Crippen molar-refractivity contribution in [3.63, 3.8) is 0 Å². The van der Waals surface area contributed by atoms with Gasteiger partial charge < -0.3 is 5.73 Å². The van der Waals surface area contributed by atoms with Gasteiger partial charge in [-0.15, -0.1) is 0 Å². The van der Waals surface area contributed by atoms with Crippen LogP contribution in [0.4, 0.5) is 0 Å². The number of amides is 1. The van der Waals surface area contributed by atoms with Crippen LogP contribution in [-0.2, 0) is 11.2 Å². The van der Waals surface area contributed by atoms with Crippen molar-refractivity contribution < 1.29 is 4.79 Å². The molecule has 0 bridgehead atoms. The Morgan fingerprint density at radius 2 is 1.67 bits per heavy atom. The van der Waals surface area contributed by atoms with Crippen molar-refractivity contribution in [2.45, 2.75) is 74.7 Å². The van der Waals surface area contributed by atoms with Gasteiger partial charge in [0.05, 0.1) is 0 Å². The molecule has 0 fully saturated rings. The minimum atomic E-state index is -0.333. The van der Waals surface area contributed by atoms with E-state index in [1.807, 2.05) is 13.8 Å². The largest absolute Gasteiger partial charge is 0.370 e. The molecule has 21 heavy (non-hydrogen) atoms. The molecule has 1 rings (SSSR count). The number of primary amides is 1. The Kier molecular flexibility index (Phi) is 22.0. The number of hydrogen-bond donors (Lipinski definition) is 1. The van der Waals surface area contributed by atoms with E-state index in [2.05, 4.69) is 64.6 Å². The first-order valence-electron chi connectivity index (χ1n) is 8.14. The number of carbonyl (C=O) groups is 1. The Labute approximate surface area is 133 Å². The fraction of sp³-hybridized carbons (Fsp3) is 0.632. The van der Waals surface area contributed by atoms with Crippen molar-refractivity contribution in [2.24, 2.45) is 11.7 Å². The van der Waals surface area contributed by atoms with Crippen LogP contribution in [0, 0.1) is 12.8 Å². The van der Waals surface area contributed by atoms with E-state index >= 15 is 0 Å². The highest BCUT2D eigenvalue weighted by Crippen LogP contribution is 2.03. The van der Waals surface area contributed by atoms with Crippen LogP contribution in [0.3, 0.4) is 0 Å². The quantitative estimate of drug-likeness (QED) is 0.784. The summed E-state index contributed by atoms with van der Waals surface area (Å²) in [4.78, 5) is 9.22. The van der Waals surface area contributed by atoms with Gasteiger partial charge in [-0.3, -0.25) is 4.79 Å².